The molecule has 0 unspecified atom stereocenters. The van der Waals surface area contributed by atoms with Crippen molar-refractivity contribution < 1.29 is 9.47 Å². The van der Waals surface area contributed by atoms with E-state index in [1.54, 1.807) is 18.0 Å². The smallest absolute Gasteiger partial charge is 0.229 e. The third-order valence-electron chi connectivity index (χ3n) is 4.62. The Balaban J connectivity index is 1.75. The van der Waals surface area contributed by atoms with E-state index < -0.39 is 0 Å². The van der Waals surface area contributed by atoms with Crippen molar-refractivity contribution in [1.29, 1.82) is 0 Å². The Hall–Kier alpha value is -2.87. The van der Waals surface area contributed by atoms with Crippen molar-refractivity contribution in [2.45, 2.75) is 26.1 Å². The third kappa shape index (κ3) is 3.52. The summed E-state index contributed by atoms with van der Waals surface area (Å²) in [6.07, 6.45) is 2.05. The van der Waals surface area contributed by atoms with Crippen molar-refractivity contribution in [2.75, 3.05) is 30.4 Å². The second-order valence-electron chi connectivity index (χ2n) is 6.90. The second-order valence-corrected chi connectivity index (χ2v) is 6.90. The molecule has 8 heteroatoms. The first-order valence-electron chi connectivity index (χ1n) is 9.04. The van der Waals surface area contributed by atoms with Gasteiger partial charge in [0, 0.05) is 31.9 Å². The maximum absolute atomic E-state index is 5.84. The normalized spacial score (nSPS) is 20.1. The Morgan fingerprint density at radius 1 is 1.19 bits per heavy atom. The molecule has 4 rings (SSSR count). The lowest BCUT2D eigenvalue weighted by Gasteiger charge is -2.35. The highest BCUT2D eigenvalue weighted by molar-refractivity contribution is 5.89. The number of aromatic nitrogens is 4. The molecule has 0 radical (unpaired) electrons. The van der Waals surface area contributed by atoms with Crippen molar-refractivity contribution >= 4 is 28.5 Å². The van der Waals surface area contributed by atoms with Crippen molar-refractivity contribution in [1.82, 2.24) is 19.7 Å². The number of benzene rings is 1. The van der Waals surface area contributed by atoms with Gasteiger partial charge in [-0.1, -0.05) is 6.07 Å². The molecule has 0 bridgehead atoms. The number of aryl methyl sites for hydroxylation is 1. The van der Waals surface area contributed by atoms with E-state index in [9.17, 15) is 0 Å². The summed E-state index contributed by atoms with van der Waals surface area (Å²) in [6.45, 7) is 5.65. The molecule has 27 heavy (non-hydrogen) atoms. The number of morpholine rings is 1. The van der Waals surface area contributed by atoms with Crippen molar-refractivity contribution in [3.05, 3.63) is 30.5 Å². The fourth-order valence-corrected chi connectivity index (χ4v) is 3.43. The van der Waals surface area contributed by atoms with E-state index in [-0.39, 0.29) is 12.2 Å². The standard InChI is InChI=1S/C19H24N6O2/c1-12-10-25(11-13(2)27-12)19-22-17(16-9-20-24(3)18(16)23-19)21-14-6-5-7-15(8-14)26-4/h5-9,12-13H,10-11H2,1-4H3,(H,21,22,23)/t12-,13-/m0/s1. The van der Waals surface area contributed by atoms with Gasteiger partial charge < -0.3 is 19.7 Å². The first-order valence-corrected chi connectivity index (χ1v) is 9.04. The van der Waals surface area contributed by atoms with Gasteiger partial charge in [-0.3, -0.25) is 4.68 Å². The summed E-state index contributed by atoms with van der Waals surface area (Å²) in [5.74, 6) is 2.19. The third-order valence-corrected chi connectivity index (χ3v) is 4.62. The highest BCUT2D eigenvalue weighted by atomic mass is 16.5. The van der Waals surface area contributed by atoms with Crippen LogP contribution in [0.4, 0.5) is 17.5 Å². The Morgan fingerprint density at radius 2 is 1.96 bits per heavy atom. The summed E-state index contributed by atoms with van der Waals surface area (Å²) < 4.78 is 12.9. The minimum absolute atomic E-state index is 0.134. The van der Waals surface area contributed by atoms with Gasteiger partial charge in [-0.05, 0) is 26.0 Å². The largest absolute Gasteiger partial charge is 0.497 e. The van der Waals surface area contributed by atoms with E-state index in [1.807, 2.05) is 31.3 Å². The summed E-state index contributed by atoms with van der Waals surface area (Å²) in [4.78, 5) is 11.7. The summed E-state index contributed by atoms with van der Waals surface area (Å²) in [6, 6.07) is 7.76. The highest BCUT2D eigenvalue weighted by Gasteiger charge is 2.25. The zero-order chi connectivity index (χ0) is 19.0. The summed E-state index contributed by atoms with van der Waals surface area (Å²) in [5, 5.41) is 8.62. The number of hydrogen-bond acceptors (Lipinski definition) is 7. The number of rotatable bonds is 4. The Labute approximate surface area is 158 Å². The number of fused-ring (bicyclic) bond motifs is 1. The zero-order valence-electron chi connectivity index (χ0n) is 16.0. The predicted molar refractivity (Wildman–Crippen MR) is 105 cm³/mol. The lowest BCUT2D eigenvalue weighted by atomic mass is 10.2. The number of hydrogen-bond donors (Lipinski definition) is 1. The molecule has 0 saturated carbocycles. The molecule has 0 aliphatic carbocycles. The fourth-order valence-electron chi connectivity index (χ4n) is 3.43. The Bertz CT molecular complexity index is 947. The summed E-state index contributed by atoms with van der Waals surface area (Å²) in [5.41, 5.74) is 1.69. The molecule has 142 valence electrons. The first kappa shape index (κ1) is 17.5. The van der Waals surface area contributed by atoms with Crippen LogP contribution in [-0.2, 0) is 11.8 Å². The molecule has 0 amide bonds. The average molecular weight is 368 g/mol. The second kappa shape index (κ2) is 7.03. The number of nitrogens with zero attached hydrogens (tertiary/aromatic N) is 5. The Kier molecular flexibility index (Phi) is 4.57. The van der Waals surface area contributed by atoms with Crippen LogP contribution in [0.1, 0.15) is 13.8 Å². The quantitative estimate of drug-likeness (QED) is 0.759. The molecule has 1 fully saturated rings. The summed E-state index contributed by atoms with van der Waals surface area (Å²) >= 11 is 0. The molecule has 1 aliphatic heterocycles. The number of ether oxygens (including phenoxy) is 2. The minimum atomic E-state index is 0.134. The molecule has 1 aliphatic rings. The van der Waals surface area contributed by atoms with Crippen molar-refractivity contribution in [3.63, 3.8) is 0 Å². The van der Waals surface area contributed by atoms with Gasteiger partial charge >= 0.3 is 0 Å². The van der Waals surface area contributed by atoms with E-state index in [0.717, 1.165) is 41.4 Å². The molecular weight excluding hydrogens is 344 g/mol. The van der Waals surface area contributed by atoms with Gasteiger partial charge in [-0.2, -0.15) is 15.1 Å². The van der Waals surface area contributed by atoms with Gasteiger partial charge in [0.2, 0.25) is 5.95 Å². The van der Waals surface area contributed by atoms with Crippen LogP contribution >= 0.6 is 0 Å². The van der Waals surface area contributed by atoms with E-state index in [4.69, 9.17) is 19.4 Å². The molecule has 0 spiro atoms. The number of anilines is 3. The Morgan fingerprint density at radius 3 is 2.70 bits per heavy atom. The first-order chi connectivity index (χ1) is 13.0. The highest BCUT2D eigenvalue weighted by Crippen LogP contribution is 2.28. The molecule has 1 saturated heterocycles. The number of nitrogens with one attached hydrogen (secondary N) is 1. The predicted octanol–water partition coefficient (Wildman–Crippen LogP) is 2.73. The van der Waals surface area contributed by atoms with E-state index in [0.29, 0.717) is 5.95 Å². The van der Waals surface area contributed by atoms with Gasteiger partial charge in [0.05, 0.1) is 30.9 Å². The van der Waals surface area contributed by atoms with Crippen LogP contribution in [0.3, 0.4) is 0 Å². The lowest BCUT2D eigenvalue weighted by molar-refractivity contribution is -0.00569. The van der Waals surface area contributed by atoms with Crippen molar-refractivity contribution in [3.8, 4) is 5.75 Å². The topological polar surface area (TPSA) is 77.3 Å². The van der Waals surface area contributed by atoms with E-state index in [2.05, 4.69) is 29.2 Å². The van der Waals surface area contributed by atoms with Crippen molar-refractivity contribution in [2.24, 2.45) is 7.05 Å². The molecule has 8 nitrogen and oxygen atoms in total. The van der Waals surface area contributed by atoms with Gasteiger partial charge in [-0.25, -0.2) is 0 Å². The molecule has 3 aromatic rings. The molecule has 3 heterocycles. The minimum Gasteiger partial charge on any atom is -0.497 e. The van der Waals surface area contributed by atoms with Crippen LogP contribution in [0.25, 0.3) is 11.0 Å². The van der Waals surface area contributed by atoms with Gasteiger partial charge in [0.1, 0.15) is 11.6 Å². The van der Waals surface area contributed by atoms with Crippen LogP contribution in [0, 0.1) is 0 Å². The monoisotopic (exact) mass is 368 g/mol. The average Bonchev–Trinajstić information content (AvgIpc) is 3.02. The SMILES string of the molecule is COc1cccc(Nc2nc(N3C[C@H](C)O[C@@H](C)C3)nc3c2cnn3C)c1. The van der Waals surface area contributed by atoms with Gasteiger partial charge in [0.25, 0.3) is 0 Å². The van der Waals surface area contributed by atoms with Gasteiger partial charge in [0.15, 0.2) is 5.65 Å². The van der Waals surface area contributed by atoms with Crippen LogP contribution in [-0.4, -0.2) is 52.2 Å². The number of methoxy groups -OCH3 is 1. The molecule has 1 aromatic carbocycles. The van der Waals surface area contributed by atoms with Crippen LogP contribution in [0.15, 0.2) is 30.5 Å². The fraction of sp³-hybridized carbons (Fsp3) is 0.421. The van der Waals surface area contributed by atoms with E-state index >= 15 is 0 Å². The lowest BCUT2D eigenvalue weighted by Crippen LogP contribution is -2.46. The molecular formula is C19H24N6O2. The molecule has 2 atom stereocenters. The zero-order valence-corrected chi connectivity index (χ0v) is 16.0. The maximum atomic E-state index is 5.84. The maximum Gasteiger partial charge on any atom is 0.229 e. The van der Waals surface area contributed by atoms with Crippen LogP contribution in [0.2, 0.25) is 0 Å². The van der Waals surface area contributed by atoms with Gasteiger partial charge in [-0.15, -0.1) is 0 Å². The summed E-state index contributed by atoms with van der Waals surface area (Å²) in [7, 11) is 3.54. The van der Waals surface area contributed by atoms with Crippen LogP contribution in [0.5, 0.6) is 5.75 Å². The van der Waals surface area contributed by atoms with Crippen LogP contribution < -0.4 is 15.0 Å². The van der Waals surface area contributed by atoms with E-state index in [1.165, 1.54) is 0 Å². The molecule has 1 N–H and O–H groups in total. The molecule has 2 aromatic heterocycles.